The lowest BCUT2D eigenvalue weighted by Gasteiger charge is -2.48. The first-order valence-corrected chi connectivity index (χ1v) is 10.7. The van der Waals surface area contributed by atoms with Crippen molar-refractivity contribution in [3.63, 3.8) is 0 Å². The topological polar surface area (TPSA) is 59.8 Å². The second-order valence-corrected chi connectivity index (χ2v) is 8.24. The number of nitrogen functional groups attached to an aromatic ring is 1. The van der Waals surface area contributed by atoms with E-state index in [4.69, 9.17) is 15.2 Å². The van der Waals surface area contributed by atoms with Crippen molar-refractivity contribution < 1.29 is 9.47 Å². The third-order valence-electron chi connectivity index (χ3n) is 6.37. The standard InChI is InChI=1S/C22H37N3O2/c1-4-26-18-8-12-22(3,13-9-18)25-14-10-17(11-15-25)24-21-16-19(27-5-2)6-7-20(21)23/h6-7,16-18,24H,4-5,8-15,23H2,1-3H3/t18-,22-. The molecule has 5 nitrogen and oxygen atoms in total. The predicted molar refractivity (Wildman–Crippen MR) is 113 cm³/mol. The van der Waals surface area contributed by atoms with Gasteiger partial charge in [-0.15, -0.1) is 0 Å². The third kappa shape index (κ3) is 5.08. The van der Waals surface area contributed by atoms with Crippen LogP contribution in [0.1, 0.15) is 59.3 Å². The highest BCUT2D eigenvalue weighted by Crippen LogP contribution is 2.37. The maximum absolute atomic E-state index is 6.17. The van der Waals surface area contributed by atoms with Gasteiger partial charge in [0.15, 0.2) is 0 Å². The van der Waals surface area contributed by atoms with Gasteiger partial charge in [0, 0.05) is 37.3 Å². The molecule has 0 aromatic heterocycles. The molecule has 1 aromatic rings. The van der Waals surface area contributed by atoms with Crippen molar-refractivity contribution in [1.29, 1.82) is 0 Å². The van der Waals surface area contributed by atoms with Crippen LogP contribution in [0, 0.1) is 0 Å². The van der Waals surface area contributed by atoms with Crippen LogP contribution < -0.4 is 15.8 Å². The van der Waals surface area contributed by atoms with Gasteiger partial charge in [0.05, 0.1) is 24.1 Å². The number of nitrogens with two attached hydrogens (primary N) is 1. The monoisotopic (exact) mass is 375 g/mol. The molecule has 2 fully saturated rings. The van der Waals surface area contributed by atoms with E-state index in [9.17, 15) is 0 Å². The number of nitrogens with one attached hydrogen (secondary N) is 1. The minimum Gasteiger partial charge on any atom is -0.494 e. The SMILES string of the molecule is CCOc1ccc(N)c(NC2CCN([C@]3(C)CC[C@@H](OCC)CC3)CC2)c1. The van der Waals surface area contributed by atoms with Gasteiger partial charge < -0.3 is 20.5 Å². The maximum Gasteiger partial charge on any atom is 0.121 e. The molecule has 0 radical (unpaired) electrons. The Kier molecular flexibility index (Phi) is 6.88. The van der Waals surface area contributed by atoms with Crippen LogP contribution in [0.15, 0.2) is 18.2 Å². The number of hydrogen-bond acceptors (Lipinski definition) is 5. The van der Waals surface area contributed by atoms with Crippen LogP contribution >= 0.6 is 0 Å². The van der Waals surface area contributed by atoms with Crippen molar-refractivity contribution in [3.8, 4) is 5.75 Å². The number of benzene rings is 1. The van der Waals surface area contributed by atoms with E-state index >= 15 is 0 Å². The van der Waals surface area contributed by atoms with E-state index in [0.29, 0.717) is 24.3 Å². The van der Waals surface area contributed by atoms with Crippen molar-refractivity contribution in [2.75, 3.05) is 37.4 Å². The van der Waals surface area contributed by atoms with E-state index in [0.717, 1.165) is 49.7 Å². The van der Waals surface area contributed by atoms with E-state index < -0.39 is 0 Å². The van der Waals surface area contributed by atoms with Crippen LogP contribution in [0.5, 0.6) is 5.75 Å². The van der Waals surface area contributed by atoms with Crippen LogP contribution in [0.3, 0.4) is 0 Å². The quantitative estimate of drug-likeness (QED) is 0.697. The normalized spacial score (nSPS) is 27.4. The Morgan fingerprint density at radius 3 is 2.44 bits per heavy atom. The molecule has 3 N–H and O–H groups in total. The summed E-state index contributed by atoms with van der Waals surface area (Å²) in [6.45, 7) is 10.4. The van der Waals surface area contributed by atoms with Gasteiger partial charge in [0.2, 0.25) is 0 Å². The van der Waals surface area contributed by atoms with E-state index in [1.165, 1.54) is 25.7 Å². The zero-order chi connectivity index (χ0) is 19.3. The number of nitrogens with zero attached hydrogens (tertiary/aromatic N) is 1. The smallest absolute Gasteiger partial charge is 0.121 e. The van der Waals surface area contributed by atoms with E-state index in [2.05, 4.69) is 24.1 Å². The molecule has 2 aliphatic rings. The summed E-state index contributed by atoms with van der Waals surface area (Å²) in [4.78, 5) is 2.72. The molecular weight excluding hydrogens is 338 g/mol. The highest BCUT2D eigenvalue weighted by Gasteiger charge is 2.38. The summed E-state index contributed by atoms with van der Waals surface area (Å²) in [5.74, 6) is 0.880. The summed E-state index contributed by atoms with van der Waals surface area (Å²) in [7, 11) is 0. The molecule has 0 amide bonds. The van der Waals surface area contributed by atoms with Crippen LogP contribution in [0.2, 0.25) is 0 Å². The molecule has 0 bridgehead atoms. The first-order chi connectivity index (χ1) is 13.0. The zero-order valence-electron chi connectivity index (χ0n) is 17.3. The van der Waals surface area contributed by atoms with E-state index in [-0.39, 0.29) is 0 Å². The van der Waals surface area contributed by atoms with Crippen LogP contribution in [-0.2, 0) is 4.74 Å². The summed E-state index contributed by atoms with van der Waals surface area (Å²) in [5.41, 5.74) is 8.30. The predicted octanol–water partition coefficient (Wildman–Crippen LogP) is 4.28. The Hall–Kier alpha value is -1.46. The highest BCUT2D eigenvalue weighted by molar-refractivity contribution is 5.68. The molecule has 1 saturated heterocycles. The van der Waals surface area contributed by atoms with Gasteiger partial charge in [-0.1, -0.05) is 0 Å². The number of anilines is 2. The fourth-order valence-electron chi connectivity index (χ4n) is 4.63. The Labute approximate surface area is 164 Å². The van der Waals surface area contributed by atoms with Crippen molar-refractivity contribution in [2.24, 2.45) is 0 Å². The van der Waals surface area contributed by atoms with Crippen LogP contribution in [-0.4, -0.2) is 48.9 Å². The van der Waals surface area contributed by atoms with Gasteiger partial charge in [0.25, 0.3) is 0 Å². The second-order valence-electron chi connectivity index (χ2n) is 8.24. The first-order valence-electron chi connectivity index (χ1n) is 10.7. The summed E-state index contributed by atoms with van der Waals surface area (Å²) in [5, 5.41) is 3.66. The van der Waals surface area contributed by atoms with Crippen molar-refractivity contribution in [3.05, 3.63) is 18.2 Å². The number of piperidine rings is 1. The molecule has 1 saturated carbocycles. The fourth-order valence-corrected chi connectivity index (χ4v) is 4.63. The lowest BCUT2D eigenvalue weighted by Crippen LogP contribution is -2.53. The van der Waals surface area contributed by atoms with Crippen molar-refractivity contribution in [1.82, 2.24) is 4.90 Å². The van der Waals surface area contributed by atoms with Crippen LogP contribution in [0.4, 0.5) is 11.4 Å². The van der Waals surface area contributed by atoms with Gasteiger partial charge in [-0.2, -0.15) is 0 Å². The lowest BCUT2D eigenvalue weighted by molar-refractivity contribution is -0.0242. The Morgan fingerprint density at radius 2 is 1.81 bits per heavy atom. The number of ether oxygens (including phenoxy) is 2. The molecule has 0 unspecified atom stereocenters. The molecule has 27 heavy (non-hydrogen) atoms. The van der Waals surface area contributed by atoms with Gasteiger partial charge in [-0.05, 0) is 71.4 Å². The van der Waals surface area contributed by atoms with E-state index in [1.54, 1.807) is 0 Å². The highest BCUT2D eigenvalue weighted by atomic mass is 16.5. The lowest BCUT2D eigenvalue weighted by atomic mass is 9.79. The molecule has 1 aliphatic heterocycles. The first kappa shape index (κ1) is 20.3. The number of likely N-dealkylation sites (tertiary alicyclic amines) is 1. The van der Waals surface area contributed by atoms with Gasteiger partial charge >= 0.3 is 0 Å². The largest absolute Gasteiger partial charge is 0.494 e. The molecule has 0 atom stereocenters. The van der Waals surface area contributed by atoms with Crippen LogP contribution in [0.25, 0.3) is 0 Å². The summed E-state index contributed by atoms with van der Waals surface area (Å²) in [6.07, 6.45) is 7.68. The molecule has 1 heterocycles. The second kappa shape index (κ2) is 9.16. The Balaban J connectivity index is 1.51. The summed E-state index contributed by atoms with van der Waals surface area (Å²) < 4.78 is 11.4. The minimum atomic E-state index is 0.340. The maximum atomic E-state index is 6.17. The molecule has 5 heteroatoms. The molecular formula is C22H37N3O2. The average Bonchev–Trinajstić information content (AvgIpc) is 2.67. The molecule has 0 spiro atoms. The molecule has 3 rings (SSSR count). The number of rotatable bonds is 7. The summed E-state index contributed by atoms with van der Waals surface area (Å²) in [6, 6.07) is 6.37. The summed E-state index contributed by atoms with van der Waals surface area (Å²) >= 11 is 0. The van der Waals surface area contributed by atoms with E-state index in [1.807, 2.05) is 25.1 Å². The number of hydrogen-bond donors (Lipinski definition) is 2. The van der Waals surface area contributed by atoms with Gasteiger partial charge in [-0.25, -0.2) is 0 Å². The fraction of sp³-hybridized carbons (Fsp3) is 0.727. The van der Waals surface area contributed by atoms with Gasteiger partial charge in [0.1, 0.15) is 5.75 Å². The Bertz CT molecular complexity index is 591. The van der Waals surface area contributed by atoms with Crippen molar-refractivity contribution in [2.45, 2.75) is 77.0 Å². The zero-order valence-corrected chi connectivity index (χ0v) is 17.3. The minimum absolute atomic E-state index is 0.340. The van der Waals surface area contributed by atoms with Crippen molar-refractivity contribution >= 4 is 11.4 Å². The average molecular weight is 376 g/mol. The molecule has 1 aromatic carbocycles. The molecule has 1 aliphatic carbocycles. The van der Waals surface area contributed by atoms with Gasteiger partial charge in [-0.3, -0.25) is 4.90 Å². The molecule has 152 valence electrons. The Morgan fingerprint density at radius 1 is 1.11 bits per heavy atom. The third-order valence-corrected chi connectivity index (χ3v) is 6.37.